The molecule has 0 spiro atoms. The number of amides is 1. The number of aliphatic hydroxyl groups is 1. The van der Waals surface area contributed by atoms with Crippen LogP contribution in [0.5, 0.6) is 0 Å². The molecule has 1 N–H and O–H groups in total. The second kappa shape index (κ2) is 8.82. The molecule has 2 aromatic heterocycles. The number of nitrogens with zero attached hydrogens (tertiary/aromatic N) is 5. The second-order valence-electron chi connectivity index (χ2n) is 11.4. The summed E-state index contributed by atoms with van der Waals surface area (Å²) in [5.41, 5.74) is 4.01. The lowest BCUT2D eigenvalue weighted by Gasteiger charge is -2.56. The maximum absolute atomic E-state index is 13.1. The standard InChI is InChI=1S/C29H37N5O2/c1-19(2)21-7-9-23(10-8-21)29(36,28(4)17-32(5)18-28)24-12-25(14-30-13-24)34-15-22(11-27(34)35)26-16-33(6)31-20(26)3/h7-10,12-14,16,19,22,36H,11,15,17-18H2,1-6H3/t22?,29-/m0/s1. The van der Waals surface area contributed by atoms with Crippen LogP contribution in [-0.4, -0.2) is 57.4 Å². The van der Waals surface area contributed by atoms with Crippen LogP contribution >= 0.6 is 0 Å². The van der Waals surface area contributed by atoms with Gasteiger partial charge in [-0.15, -0.1) is 0 Å². The molecule has 2 fully saturated rings. The largest absolute Gasteiger partial charge is 0.380 e. The van der Waals surface area contributed by atoms with Crippen LogP contribution in [0.1, 0.15) is 67.0 Å². The highest BCUT2D eigenvalue weighted by molar-refractivity contribution is 5.96. The van der Waals surface area contributed by atoms with Crippen LogP contribution in [-0.2, 0) is 17.4 Å². The summed E-state index contributed by atoms with van der Waals surface area (Å²) in [6, 6.07) is 10.3. The van der Waals surface area contributed by atoms with Gasteiger partial charge < -0.3 is 14.9 Å². The summed E-state index contributed by atoms with van der Waals surface area (Å²) in [6.07, 6.45) is 5.95. The van der Waals surface area contributed by atoms with Crippen LogP contribution in [0.3, 0.4) is 0 Å². The summed E-state index contributed by atoms with van der Waals surface area (Å²) in [5, 5.41) is 17.0. The van der Waals surface area contributed by atoms with Crippen LogP contribution in [0.4, 0.5) is 5.69 Å². The number of carbonyl (C=O) groups is 1. The molecular formula is C29H37N5O2. The molecule has 0 radical (unpaired) electrons. The lowest BCUT2D eigenvalue weighted by molar-refractivity contribution is -0.127. The third-order valence-corrected chi connectivity index (χ3v) is 8.18. The molecule has 2 atom stereocenters. The molecule has 2 aliphatic rings. The third-order valence-electron chi connectivity index (χ3n) is 8.18. The Labute approximate surface area is 213 Å². The lowest BCUT2D eigenvalue weighted by Crippen LogP contribution is -2.63. The van der Waals surface area contributed by atoms with Gasteiger partial charge in [0.25, 0.3) is 0 Å². The predicted octanol–water partition coefficient (Wildman–Crippen LogP) is 3.96. The Bertz CT molecular complexity index is 1280. The number of benzene rings is 1. The van der Waals surface area contributed by atoms with Gasteiger partial charge in [0, 0.05) is 62.4 Å². The Balaban J connectivity index is 1.52. The number of carbonyl (C=O) groups excluding carboxylic acids is 1. The van der Waals surface area contributed by atoms with Crippen molar-refractivity contribution in [1.29, 1.82) is 0 Å². The zero-order valence-electron chi connectivity index (χ0n) is 22.2. The Kier molecular flexibility index (Phi) is 6.04. The Hall–Kier alpha value is -3.03. The number of hydrogen-bond donors (Lipinski definition) is 1. The zero-order valence-corrected chi connectivity index (χ0v) is 22.2. The van der Waals surface area contributed by atoms with E-state index in [1.807, 2.05) is 43.3 Å². The van der Waals surface area contributed by atoms with Crippen molar-refractivity contribution in [2.75, 3.05) is 31.6 Å². The molecule has 1 unspecified atom stereocenters. The summed E-state index contributed by atoms with van der Waals surface area (Å²) in [5.74, 6) is 0.580. The summed E-state index contributed by atoms with van der Waals surface area (Å²) in [6.45, 7) is 10.6. The van der Waals surface area contributed by atoms with Crippen molar-refractivity contribution in [3.05, 3.63) is 76.9 Å². The number of aromatic nitrogens is 3. The normalized spacial score (nSPS) is 21.6. The summed E-state index contributed by atoms with van der Waals surface area (Å²) in [7, 11) is 3.98. The SMILES string of the molecule is Cc1nn(C)cc1C1CC(=O)N(c2cncc([C@@](O)(c3ccc(C(C)C)cc3)C3(C)CN(C)C3)c2)C1. The van der Waals surface area contributed by atoms with Crippen molar-refractivity contribution < 1.29 is 9.90 Å². The molecule has 0 bridgehead atoms. The molecule has 3 aromatic rings. The van der Waals surface area contributed by atoms with Gasteiger partial charge in [-0.25, -0.2) is 0 Å². The molecule has 190 valence electrons. The first-order valence-electron chi connectivity index (χ1n) is 12.8. The Morgan fingerprint density at radius 3 is 2.39 bits per heavy atom. The first kappa shape index (κ1) is 24.7. The van der Waals surface area contributed by atoms with Crippen molar-refractivity contribution in [3.63, 3.8) is 0 Å². The third kappa shape index (κ3) is 3.95. The first-order valence-corrected chi connectivity index (χ1v) is 12.8. The van der Waals surface area contributed by atoms with Crippen molar-refractivity contribution in [3.8, 4) is 0 Å². The fourth-order valence-electron chi connectivity index (χ4n) is 6.30. The summed E-state index contributed by atoms with van der Waals surface area (Å²) >= 11 is 0. The number of hydrogen-bond acceptors (Lipinski definition) is 5. The molecule has 7 heteroatoms. The minimum Gasteiger partial charge on any atom is -0.380 e. The van der Waals surface area contributed by atoms with Gasteiger partial charge in [0.2, 0.25) is 5.91 Å². The second-order valence-corrected chi connectivity index (χ2v) is 11.4. The van der Waals surface area contributed by atoms with E-state index in [0.29, 0.717) is 18.9 Å². The molecule has 1 amide bonds. The van der Waals surface area contributed by atoms with Crippen molar-refractivity contribution in [2.24, 2.45) is 12.5 Å². The molecule has 0 aliphatic carbocycles. The topological polar surface area (TPSA) is 74.5 Å². The quantitative estimate of drug-likeness (QED) is 0.570. The van der Waals surface area contributed by atoms with E-state index in [1.54, 1.807) is 17.1 Å². The minimum atomic E-state index is -1.24. The number of pyridine rings is 1. The van der Waals surface area contributed by atoms with Crippen molar-refractivity contribution in [2.45, 2.75) is 51.6 Å². The van der Waals surface area contributed by atoms with Crippen LogP contribution in [0.2, 0.25) is 0 Å². The Morgan fingerprint density at radius 1 is 1.11 bits per heavy atom. The highest BCUT2D eigenvalue weighted by atomic mass is 16.3. The molecule has 5 rings (SSSR count). The lowest BCUT2D eigenvalue weighted by atomic mass is 9.62. The van der Waals surface area contributed by atoms with E-state index in [0.717, 1.165) is 41.2 Å². The molecule has 36 heavy (non-hydrogen) atoms. The fraction of sp³-hybridized carbons (Fsp3) is 0.483. The number of aryl methyl sites for hydroxylation is 2. The molecule has 2 saturated heterocycles. The molecular weight excluding hydrogens is 450 g/mol. The highest BCUT2D eigenvalue weighted by Crippen LogP contribution is 2.50. The van der Waals surface area contributed by atoms with Gasteiger partial charge in [0.1, 0.15) is 5.60 Å². The smallest absolute Gasteiger partial charge is 0.227 e. The van der Waals surface area contributed by atoms with Crippen LogP contribution < -0.4 is 4.90 Å². The first-order chi connectivity index (χ1) is 17.0. The molecule has 0 saturated carbocycles. The van der Waals surface area contributed by atoms with E-state index in [9.17, 15) is 9.90 Å². The van der Waals surface area contributed by atoms with Gasteiger partial charge in [-0.1, -0.05) is 45.0 Å². The van der Waals surface area contributed by atoms with Crippen LogP contribution in [0.25, 0.3) is 0 Å². The minimum absolute atomic E-state index is 0.0709. The highest BCUT2D eigenvalue weighted by Gasteiger charge is 2.55. The van der Waals surface area contributed by atoms with E-state index in [-0.39, 0.29) is 17.2 Å². The maximum Gasteiger partial charge on any atom is 0.227 e. The fourth-order valence-corrected chi connectivity index (χ4v) is 6.30. The zero-order chi connectivity index (χ0) is 25.8. The Morgan fingerprint density at radius 2 is 1.81 bits per heavy atom. The van der Waals surface area contributed by atoms with E-state index < -0.39 is 5.60 Å². The van der Waals surface area contributed by atoms with Gasteiger partial charge in [-0.05, 0) is 42.6 Å². The van der Waals surface area contributed by atoms with Crippen molar-refractivity contribution >= 4 is 11.6 Å². The van der Waals surface area contributed by atoms with Gasteiger partial charge >= 0.3 is 0 Å². The van der Waals surface area contributed by atoms with Crippen LogP contribution in [0.15, 0.2) is 48.9 Å². The van der Waals surface area contributed by atoms with Gasteiger partial charge in [0.05, 0.1) is 17.6 Å². The van der Waals surface area contributed by atoms with Gasteiger partial charge in [-0.3, -0.25) is 14.5 Å². The number of likely N-dealkylation sites (tertiary alicyclic amines) is 1. The predicted molar refractivity (Wildman–Crippen MR) is 141 cm³/mol. The summed E-state index contributed by atoms with van der Waals surface area (Å²) < 4.78 is 1.81. The summed E-state index contributed by atoms with van der Waals surface area (Å²) in [4.78, 5) is 21.7. The van der Waals surface area contributed by atoms with E-state index in [2.05, 4.69) is 54.9 Å². The molecule has 4 heterocycles. The number of rotatable bonds is 6. The van der Waals surface area contributed by atoms with E-state index >= 15 is 0 Å². The number of anilines is 1. The molecule has 1 aromatic carbocycles. The molecule has 7 nitrogen and oxygen atoms in total. The monoisotopic (exact) mass is 487 g/mol. The van der Waals surface area contributed by atoms with Gasteiger partial charge in [-0.2, -0.15) is 5.10 Å². The van der Waals surface area contributed by atoms with E-state index in [4.69, 9.17) is 0 Å². The van der Waals surface area contributed by atoms with Crippen molar-refractivity contribution in [1.82, 2.24) is 19.7 Å². The average Bonchev–Trinajstić information content (AvgIpc) is 3.38. The average molecular weight is 488 g/mol. The maximum atomic E-state index is 13.1. The van der Waals surface area contributed by atoms with Gasteiger partial charge in [0.15, 0.2) is 0 Å². The van der Waals surface area contributed by atoms with Crippen LogP contribution in [0, 0.1) is 12.3 Å². The van der Waals surface area contributed by atoms with E-state index in [1.165, 1.54) is 5.56 Å². The molecule has 2 aliphatic heterocycles.